The van der Waals surface area contributed by atoms with Crippen LogP contribution in [0.4, 0.5) is 4.39 Å². The third kappa shape index (κ3) is 4.63. The summed E-state index contributed by atoms with van der Waals surface area (Å²) in [5, 5.41) is 14.7. The van der Waals surface area contributed by atoms with Crippen LogP contribution in [0.3, 0.4) is 0 Å². The molecule has 1 heterocycles. The summed E-state index contributed by atoms with van der Waals surface area (Å²) in [5.74, 6) is 0.339. The van der Waals surface area contributed by atoms with Crippen LogP contribution in [0.1, 0.15) is 25.8 Å². The van der Waals surface area contributed by atoms with Gasteiger partial charge in [0.15, 0.2) is 0 Å². The quantitative estimate of drug-likeness (QED) is 0.809. The van der Waals surface area contributed by atoms with Crippen LogP contribution in [0.5, 0.6) is 0 Å². The Kier molecular flexibility index (Phi) is 5.91. The van der Waals surface area contributed by atoms with Crippen molar-refractivity contribution >= 4 is 11.3 Å². The molecule has 1 unspecified atom stereocenters. The Morgan fingerprint density at radius 1 is 1.29 bits per heavy atom. The van der Waals surface area contributed by atoms with Gasteiger partial charge in [-0.05, 0) is 41.5 Å². The lowest BCUT2D eigenvalue weighted by Gasteiger charge is -2.18. The molecule has 2 nitrogen and oxygen atoms in total. The van der Waals surface area contributed by atoms with Crippen molar-refractivity contribution in [2.24, 2.45) is 5.92 Å². The van der Waals surface area contributed by atoms with E-state index < -0.39 is 0 Å². The number of hydrogen-bond donors (Lipinski definition) is 2. The van der Waals surface area contributed by atoms with Gasteiger partial charge in [0.2, 0.25) is 0 Å². The van der Waals surface area contributed by atoms with E-state index in [0.717, 1.165) is 16.9 Å². The van der Waals surface area contributed by atoms with Crippen LogP contribution >= 0.6 is 11.3 Å². The molecule has 1 aromatic carbocycles. The number of halogens is 1. The molecule has 0 saturated heterocycles. The van der Waals surface area contributed by atoms with E-state index in [0.29, 0.717) is 18.0 Å². The Hall–Kier alpha value is -1.23. The van der Waals surface area contributed by atoms with Crippen molar-refractivity contribution in [1.29, 1.82) is 0 Å². The molecule has 0 amide bonds. The minimum atomic E-state index is -0.193. The zero-order valence-corrected chi connectivity index (χ0v) is 13.3. The fourth-order valence-corrected chi connectivity index (χ4v) is 3.10. The smallest absolute Gasteiger partial charge is 0.131 e. The highest BCUT2D eigenvalue weighted by molar-refractivity contribution is 7.13. The standard InChI is InChI=1S/C17H22FNOS/c1-12(2)8-14(11-20)19-10-13-5-6-16(18)15(9-13)17-4-3-7-21-17/h3-7,9,12,14,19-20H,8,10-11H2,1-2H3. The lowest BCUT2D eigenvalue weighted by Crippen LogP contribution is -2.33. The van der Waals surface area contributed by atoms with E-state index in [-0.39, 0.29) is 18.5 Å². The van der Waals surface area contributed by atoms with Gasteiger partial charge in [-0.25, -0.2) is 4.39 Å². The minimum absolute atomic E-state index is 0.0836. The number of benzene rings is 1. The van der Waals surface area contributed by atoms with Crippen molar-refractivity contribution in [3.63, 3.8) is 0 Å². The van der Waals surface area contributed by atoms with Gasteiger partial charge in [0.05, 0.1) is 6.61 Å². The fourth-order valence-electron chi connectivity index (χ4n) is 2.36. The van der Waals surface area contributed by atoms with Crippen molar-refractivity contribution in [1.82, 2.24) is 5.32 Å². The second kappa shape index (κ2) is 7.69. The molecule has 2 aromatic rings. The van der Waals surface area contributed by atoms with Crippen LogP contribution in [0.2, 0.25) is 0 Å². The Balaban J connectivity index is 2.06. The molecule has 114 valence electrons. The largest absolute Gasteiger partial charge is 0.395 e. The summed E-state index contributed by atoms with van der Waals surface area (Å²) in [6.45, 7) is 5.03. The van der Waals surface area contributed by atoms with E-state index in [4.69, 9.17) is 0 Å². The molecule has 0 aliphatic carbocycles. The highest BCUT2D eigenvalue weighted by Crippen LogP contribution is 2.28. The van der Waals surface area contributed by atoms with Crippen molar-refractivity contribution in [2.45, 2.75) is 32.9 Å². The van der Waals surface area contributed by atoms with Crippen LogP contribution in [0.15, 0.2) is 35.7 Å². The van der Waals surface area contributed by atoms with Crippen LogP contribution < -0.4 is 5.32 Å². The van der Waals surface area contributed by atoms with Crippen molar-refractivity contribution in [3.05, 3.63) is 47.1 Å². The van der Waals surface area contributed by atoms with Crippen LogP contribution in [-0.4, -0.2) is 17.8 Å². The summed E-state index contributed by atoms with van der Waals surface area (Å²) in [7, 11) is 0. The number of hydrogen-bond acceptors (Lipinski definition) is 3. The second-order valence-electron chi connectivity index (χ2n) is 5.68. The summed E-state index contributed by atoms with van der Waals surface area (Å²) in [6.07, 6.45) is 0.926. The van der Waals surface area contributed by atoms with E-state index in [1.165, 1.54) is 17.4 Å². The van der Waals surface area contributed by atoms with Crippen LogP contribution in [-0.2, 0) is 6.54 Å². The molecule has 0 aliphatic rings. The molecule has 4 heteroatoms. The number of nitrogens with one attached hydrogen (secondary N) is 1. The Labute approximate surface area is 129 Å². The fraction of sp³-hybridized carbons (Fsp3) is 0.412. The molecule has 2 N–H and O–H groups in total. The average molecular weight is 307 g/mol. The first-order valence-electron chi connectivity index (χ1n) is 7.26. The maximum absolute atomic E-state index is 13.9. The predicted octanol–water partition coefficient (Wildman–Crippen LogP) is 4.05. The highest BCUT2D eigenvalue weighted by Gasteiger charge is 2.11. The number of rotatable bonds is 7. The van der Waals surface area contributed by atoms with Gasteiger partial charge in [-0.15, -0.1) is 11.3 Å². The maximum atomic E-state index is 13.9. The molecule has 2 rings (SSSR count). The summed E-state index contributed by atoms with van der Waals surface area (Å²) < 4.78 is 13.9. The molecule has 0 bridgehead atoms. The lowest BCUT2D eigenvalue weighted by atomic mass is 10.0. The molecule has 0 saturated carbocycles. The van der Waals surface area contributed by atoms with Gasteiger partial charge in [0, 0.05) is 23.0 Å². The van der Waals surface area contributed by atoms with Gasteiger partial charge in [-0.3, -0.25) is 0 Å². The van der Waals surface area contributed by atoms with Crippen molar-refractivity contribution in [3.8, 4) is 10.4 Å². The topological polar surface area (TPSA) is 32.3 Å². The Morgan fingerprint density at radius 2 is 2.10 bits per heavy atom. The van der Waals surface area contributed by atoms with Gasteiger partial charge in [-0.2, -0.15) is 0 Å². The first kappa shape index (κ1) is 16.1. The molecule has 0 aliphatic heterocycles. The lowest BCUT2D eigenvalue weighted by molar-refractivity contribution is 0.223. The molecule has 1 aromatic heterocycles. The monoisotopic (exact) mass is 307 g/mol. The first-order chi connectivity index (χ1) is 10.1. The third-order valence-electron chi connectivity index (χ3n) is 3.39. The van der Waals surface area contributed by atoms with E-state index in [2.05, 4.69) is 19.2 Å². The van der Waals surface area contributed by atoms with Crippen molar-refractivity contribution in [2.75, 3.05) is 6.61 Å². The molecular formula is C17H22FNOS. The molecule has 0 fully saturated rings. The molecule has 21 heavy (non-hydrogen) atoms. The van der Waals surface area contributed by atoms with Crippen LogP contribution in [0, 0.1) is 11.7 Å². The van der Waals surface area contributed by atoms with Gasteiger partial charge in [0.25, 0.3) is 0 Å². The van der Waals surface area contributed by atoms with Gasteiger partial charge in [-0.1, -0.05) is 26.0 Å². The predicted molar refractivity (Wildman–Crippen MR) is 86.9 cm³/mol. The number of aliphatic hydroxyl groups excluding tert-OH is 1. The van der Waals surface area contributed by atoms with E-state index in [1.54, 1.807) is 6.07 Å². The molecule has 1 atom stereocenters. The zero-order chi connectivity index (χ0) is 15.2. The van der Waals surface area contributed by atoms with Gasteiger partial charge < -0.3 is 10.4 Å². The highest BCUT2D eigenvalue weighted by atomic mass is 32.1. The van der Waals surface area contributed by atoms with Crippen molar-refractivity contribution < 1.29 is 9.50 Å². The summed E-state index contributed by atoms with van der Waals surface area (Å²) in [6, 6.07) is 9.13. The first-order valence-corrected chi connectivity index (χ1v) is 8.14. The van der Waals surface area contributed by atoms with E-state index in [1.807, 2.05) is 23.6 Å². The molecular weight excluding hydrogens is 285 g/mol. The third-order valence-corrected chi connectivity index (χ3v) is 4.29. The normalized spacial score (nSPS) is 12.8. The van der Waals surface area contributed by atoms with Gasteiger partial charge >= 0.3 is 0 Å². The maximum Gasteiger partial charge on any atom is 0.131 e. The van der Waals surface area contributed by atoms with Gasteiger partial charge in [0.1, 0.15) is 5.82 Å². The summed E-state index contributed by atoms with van der Waals surface area (Å²) in [4.78, 5) is 0.940. The Morgan fingerprint density at radius 3 is 2.71 bits per heavy atom. The van der Waals surface area contributed by atoms with E-state index in [9.17, 15) is 9.50 Å². The minimum Gasteiger partial charge on any atom is -0.395 e. The average Bonchev–Trinajstić information content (AvgIpc) is 2.98. The summed E-state index contributed by atoms with van der Waals surface area (Å²) in [5.41, 5.74) is 1.68. The number of thiophene rings is 1. The Bertz CT molecular complexity index is 554. The van der Waals surface area contributed by atoms with E-state index >= 15 is 0 Å². The number of aliphatic hydroxyl groups is 1. The van der Waals surface area contributed by atoms with Crippen LogP contribution in [0.25, 0.3) is 10.4 Å². The second-order valence-corrected chi connectivity index (χ2v) is 6.63. The SMILES string of the molecule is CC(C)CC(CO)NCc1ccc(F)c(-c2cccs2)c1. The molecule has 0 radical (unpaired) electrons. The summed E-state index contributed by atoms with van der Waals surface area (Å²) >= 11 is 1.54. The molecule has 0 spiro atoms. The zero-order valence-electron chi connectivity index (χ0n) is 12.5.